The first-order valence-electron chi connectivity index (χ1n) is 9.63. The number of nitrogens with one attached hydrogen (secondary N) is 2. The largest absolute Gasteiger partial charge is 0.352 e. The molecule has 0 atom stereocenters. The molecule has 0 unspecified atom stereocenters. The zero-order valence-corrected chi connectivity index (χ0v) is 18.9. The van der Waals surface area contributed by atoms with Gasteiger partial charge in [-0.25, -0.2) is 9.67 Å². The van der Waals surface area contributed by atoms with Crippen LogP contribution >= 0.6 is 22.6 Å². The monoisotopic (exact) mass is 529 g/mol. The summed E-state index contributed by atoms with van der Waals surface area (Å²) in [7, 11) is 0. The molecule has 0 spiro atoms. The minimum atomic E-state index is -0.217. The van der Waals surface area contributed by atoms with E-state index in [1.54, 1.807) is 49.2 Å². The Morgan fingerprint density at radius 2 is 2.13 bits per heavy atom. The second-order valence-electron chi connectivity index (χ2n) is 6.92. The molecule has 0 saturated carbocycles. The highest BCUT2D eigenvalue weighted by molar-refractivity contribution is 14.1. The minimum absolute atomic E-state index is 0.0702. The number of hydrogen-bond acceptors (Lipinski definition) is 5. The first-order valence-corrected chi connectivity index (χ1v) is 10.7. The van der Waals surface area contributed by atoms with Gasteiger partial charge in [-0.15, -0.1) is 0 Å². The molecule has 0 saturated heterocycles. The van der Waals surface area contributed by atoms with Crippen LogP contribution in [0.15, 0.2) is 60.0 Å². The Bertz CT molecular complexity index is 1260. The molecule has 10 heteroatoms. The lowest BCUT2D eigenvalue weighted by atomic mass is 10.2. The van der Waals surface area contributed by atoms with E-state index in [0.29, 0.717) is 30.9 Å². The van der Waals surface area contributed by atoms with E-state index < -0.39 is 0 Å². The van der Waals surface area contributed by atoms with Crippen molar-refractivity contribution in [3.05, 3.63) is 80.4 Å². The maximum Gasteiger partial charge on any atom is 0.280 e. The van der Waals surface area contributed by atoms with Crippen molar-refractivity contribution in [2.75, 3.05) is 0 Å². The summed E-state index contributed by atoms with van der Waals surface area (Å²) in [5.41, 5.74) is 2.91. The number of rotatable bonds is 7. The highest BCUT2D eigenvalue weighted by atomic mass is 127. The summed E-state index contributed by atoms with van der Waals surface area (Å²) in [6.07, 6.45) is 8.66. The van der Waals surface area contributed by atoms with Gasteiger partial charge in [0, 0.05) is 55.6 Å². The Labute approximate surface area is 191 Å². The normalized spacial score (nSPS) is 10.9. The smallest absolute Gasteiger partial charge is 0.280 e. The second-order valence-corrected chi connectivity index (χ2v) is 8.08. The van der Waals surface area contributed by atoms with Crippen LogP contribution in [0.4, 0.5) is 0 Å². The lowest BCUT2D eigenvalue weighted by Gasteiger charge is -2.08. The number of hydrogen-bond donors (Lipinski definition) is 2. The molecule has 0 aliphatic carbocycles. The van der Waals surface area contributed by atoms with Crippen molar-refractivity contribution in [3.63, 3.8) is 0 Å². The van der Waals surface area contributed by atoms with Gasteiger partial charge in [0.05, 0.1) is 15.3 Å². The average molecular weight is 529 g/mol. The van der Waals surface area contributed by atoms with Crippen molar-refractivity contribution in [1.82, 2.24) is 34.8 Å². The number of H-pyrrole nitrogens is 1. The lowest BCUT2D eigenvalue weighted by molar-refractivity contribution is -0.121. The third-order valence-corrected chi connectivity index (χ3v) is 5.93. The fraction of sp³-hybridized carbons (Fsp3) is 0.190. The topological polar surface area (TPSA) is 110 Å². The fourth-order valence-corrected chi connectivity index (χ4v) is 3.51. The summed E-state index contributed by atoms with van der Waals surface area (Å²) >= 11 is 2.22. The molecule has 0 aliphatic rings. The molecule has 0 bridgehead atoms. The quantitative estimate of drug-likeness (QED) is 0.358. The lowest BCUT2D eigenvalue weighted by Crippen LogP contribution is -2.24. The third kappa shape index (κ3) is 4.74. The number of amides is 1. The van der Waals surface area contributed by atoms with Crippen molar-refractivity contribution in [2.45, 2.75) is 26.4 Å². The minimum Gasteiger partial charge on any atom is -0.352 e. The Morgan fingerprint density at radius 1 is 1.26 bits per heavy atom. The summed E-state index contributed by atoms with van der Waals surface area (Å²) < 4.78 is 4.27. The average Bonchev–Trinajstić information content (AvgIpc) is 3.33. The van der Waals surface area contributed by atoms with E-state index in [0.717, 1.165) is 20.4 Å². The van der Waals surface area contributed by atoms with Gasteiger partial charge in [0.1, 0.15) is 0 Å². The van der Waals surface area contributed by atoms with Gasteiger partial charge in [-0.2, -0.15) is 5.10 Å². The molecule has 4 aromatic heterocycles. The summed E-state index contributed by atoms with van der Waals surface area (Å²) in [6, 6.07) is 7.18. The number of nitrogens with zero attached hydrogens (tertiary/aromatic N) is 5. The standard InChI is InChI=1S/C21H20IN7O2/c1-14-18(22)13-26-28(14)8-5-20(30)25-10-15-4-7-24-19(9-15)29-21(31)17(12-27-29)16-3-2-6-23-11-16/h2-4,6-7,9,11-13,27H,5,8,10H2,1H3,(H,25,30). The number of pyridine rings is 2. The SMILES string of the molecule is Cc1c(I)cnn1CCC(=O)NCc1ccnc(-n2[nH]cc(-c3cccnc3)c2=O)c1. The van der Waals surface area contributed by atoms with Gasteiger partial charge in [0.25, 0.3) is 5.56 Å². The van der Waals surface area contributed by atoms with E-state index in [1.807, 2.05) is 17.7 Å². The van der Waals surface area contributed by atoms with Crippen LogP contribution in [0.5, 0.6) is 0 Å². The Morgan fingerprint density at radius 3 is 2.87 bits per heavy atom. The summed E-state index contributed by atoms with van der Waals surface area (Å²) in [4.78, 5) is 33.4. The third-order valence-electron chi connectivity index (χ3n) is 4.87. The summed E-state index contributed by atoms with van der Waals surface area (Å²) in [6.45, 7) is 2.85. The fourth-order valence-electron chi connectivity index (χ4n) is 3.11. The van der Waals surface area contributed by atoms with Crippen LogP contribution in [0.1, 0.15) is 17.7 Å². The van der Waals surface area contributed by atoms with Crippen LogP contribution < -0.4 is 10.9 Å². The zero-order chi connectivity index (χ0) is 21.8. The zero-order valence-electron chi connectivity index (χ0n) is 16.7. The molecule has 9 nitrogen and oxygen atoms in total. The van der Waals surface area contributed by atoms with E-state index in [2.05, 4.69) is 48.1 Å². The van der Waals surface area contributed by atoms with Crippen molar-refractivity contribution < 1.29 is 4.79 Å². The van der Waals surface area contributed by atoms with Crippen molar-refractivity contribution in [3.8, 4) is 16.9 Å². The van der Waals surface area contributed by atoms with Gasteiger partial charge in [-0.3, -0.25) is 24.4 Å². The Balaban J connectivity index is 1.41. The van der Waals surface area contributed by atoms with E-state index in [9.17, 15) is 9.59 Å². The number of carbonyl (C=O) groups is 1. The van der Waals surface area contributed by atoms with Crippen LogP contribution in [0.3, 0.4) is 0 Å². The molecule has 31 heavy (non-hydrogen) atoms. The number of aromatic amines is 1. The Kier molecular flexibility index (Phi) is 6.26. The number of carbonyl (C=O) groups excluding carboxylic acids is 1. The Hall–Kier alpha value is -3.28. The van der Waals surface area contributed by atoms with Gasteiger partial charge in [0.15, 0.2) is 5.82 Å². The molecule has 1 amide bonds. The maximum absolute atomic E-state index is 12.8. The maximum atomic E-state index is 12.8. The van der Waals surface area contributed by atoms with E-state index in [4.69, 9.17) is 0 Å². The van der Waals surface area contributed by atoms with Gasteiger partial charge in [-0.05, 0) is 53.3 Å². The molecule has 2 N–H and O–H groups in total. The van der Waals surface area contributed by atoms with Crippen LogP contribution in [-0.2, 0) is 17.9 Å². The number of aromatic nitrogens is 6. The van der Waals surface area contributed by atoms with E-state index in [-0.39, 0.29) is 11.5 Å². The van der Waals surface area contributed by atoms with Crippen LogP contribution in [0.25, 0.3) is 16.9 Å². The first kappa shape index (κ1) is 21.0. The van der Waals surface area contributed by atoms with Gasteiger partial charge in [-0.1, -0.05) is 6.07 Å². The first-order chi connectivity index (χ1) is 15.0. The molecule has 0 radical (unpaired) electrons. The van der Waals surface area contributed by atoms with Crippen molar-refractivity contribution in [1.29, 1.82) is 0 Å². The van der Waals surface area contributed by atoms with Crippen LogP contribution in [-0.4, -0.2) is 35.4 Å². The van der Waals surface area contributed by atoms with Crippen molar-refractivity contribution >= 4 is 28.5 Å². The molecule has 4 heterocycles. The highest BCUT2D eigenvalue weighted by Crippen LogP contribution is 2.14. The molecule has 0 fully saturated rings. The molecular weight excluding hydrogens is 509 g/mol. The van der Waals surface area contributed by atoms with Gasteiger partial charge in [0.2, 0.25) is 5.91 Å². The molecule has 0 aliphatic heterocycles. The molecule has 0 aromatic carbocycles. The van der Waals surface area contributed by atoms with Gasteiger partial charge >= 0.3 is 0 Å². The molecule has 4 aromatic rings. The predicted molar refractivity (Wildman–Crippen MR) is 124 cm³/mol. The van der Waals surface area contributed by atoms with Crippen LogP contribution in [0.2, 0.25) is 0 Å². The molecule has 158 valence electrons. The predicted octanol–water partition coefficient (Wildman–Crippen LogP) is 2.44. The summed E-state index contributed by atoms with van der Waals surface area (Å²) in [5, 5.41) is 10.1. The number of halogens is 1. The number of aryl methyl sites for hydroxylation is 1. The molecule has 4 rings (SSSR count). The van der Waals surface area contributed by atoms with E-state index in [1.165, 1.54) is 4.68 Å². The van der Waals surface area contributed by atoms with E-state index >= 15 is 0 Å². The summed E-state index contributed by atoms with van der Waals surface area (Å²) in [5.74, 6) is 0.382. The van der Waals surface area contributed by atoms with Crippen molar-refractivity contribution in [2.24, 2.45) is 0 Å². The highest BCUT2D eigenvalue weighted by Gasteiger charge is 2.12. The second kappa shape index (κ2) is 9.25. The van der Waals surface area contributed by atoms with Gasteiger partial charge < -0.3 is 5.32 Å². The van der Waals surface area contributed by atoms with Crippen LogP contribution in [0, 0.1) is 10.5 Å². The molecular formula is C21H20IN7O2.